The molecule has 3 nitrogen and oxygen atoms in total. The molecule has 1 aliphatic rings. The summed E-state index contributed by atoms with van der Waals surface area (Å²) in [6.07, 6.45) is 3.38. The number of rotatable bonds is 3. The molecule has 1 heterocycles. The molecule has 0 radical (unpaired) electrons. The summed E-state index contributed by atoms with van der Waals surface area (Å²) in [7, 11) is 0. The third-order valence-electron chi connectivity index (χ3n) is 1.92. The highest BCUT2D eigenvalue weighted by atomic mass is 16.7. The lowest BCUT2D eigenvalue weighted by Gasteiger charge is -2.23. The monoisotopic (exact) mass is 181 g/mol. The molecule has 1 saturated heterocycles. The molecule has 0 unspecified atom stereocenters. The predicted molar refractivity (Wildman–Crippen MR) is 51.9 cm³/mol. The van der Waals surface area contributed by atoms with Crippen LogP contribution < -0.4 is 5.73 Å². The Kier molecular flexibility index (Phi) is 2.90. The maximum absolute atomic E-state index is 5.47. The summed E-state index contributed by atoms with van der Waals surface area (Å²) in [6, 6.07) is 0. The van der Waals surface area contributed by atoms with Crippen molar-refractivity contribution in [3.05, 3.63) is 36.6 Å². The van der Waals surface area contributed by atoms with Crippen molar-refractivity contribution < 1.29 is 9.47 Å². The van der Waals surface area contributed by atoms with Crippen molar-refractivity contribution in [3.63, 3.8) is 0 Å². The van der Waals surface area contributed by atoms with Crippen LogP contribution in [0.2, 0.25) is 0 Å². The number of allylic oxidation sites excluding steroid dienone is 1. The van der Waals surface area contributed by atoms with Gasteiger partial charge in [0.05, 0.1) is 13.2 Å². The van der Waals surface area contributed by atoms with Crippen molar-refractivity contribution in [3.8, 4) is 0 Å². The van der Waals surface area contributed by atoms with E-state index in [1.54, 1.807) is 12.2 Å². The van der Waals surface area contributed by atoms with Gasteiger partial charge in [0.15, 0.2) is 5.79 Å². The Morgan fingerprint density at radius 1 is 1.46 bits per heavy atom. The Morgan fingerprint density at radius 3 is 2.38 bits per heavy atom. The van der Waals surface area contributed by atoms with Gasteiger partial charge >= 0.3 is 0 Å². The molecule has 0 bridgehead atoms. The summed E-state index contributed by atoms with van der Waals surface area (Å²) >= 11 is 0. The van der Waals surface area contributed by atoms with Gasteiger partial charge in [-0.25, -0.2) is 0 Å². The fourth-order valence-electron chi connectivity index (χ4n) is 1.26. The van der Waals surface area contributed by atoms with E-state index in [4.69, 9.17) is 15.2 Å². The number of ether oxygens (including phenoxy) is 2. The van der Waals surface area contributed by atoms with Crippen LogP contribution >= 0.6 is 0 Å². The van der Waals surface area contributed by atoms with Crippen LogP contribution in [0, 0.1) is 0 Å². The lowest BCUT2D eigenvalue weighted by molar-refractivity contribution is -0.107. The van der Waals surface area contributed by atoms with E-state index in [1.165, 1.54) is 0 Å². The first-order chi connectivity index (χ1) is 6.08. The molecular weight excluding hydrogens is 166 g/mol. The van der Waals surface area contributed by atoms with E-state index in [1.807, 2.05) is 6.92 Å². The van der Waals surface area contributed by atoms with Crippen LogP contribution in [0.1, 0.15) is 6.92 Å². The fraction of sp³-hybridized carbons (Fsp3) is 0.400. The van der Waals surface area contributed by atoms with E-state index in [0.717, 1.165) is 5.57 Å². The lowest BCUT2D eigenvalue weighted by Crippen LogP contribution is -2.27. The van der Waals surface area contributed by atoms with Crippen molar-refractivity contribution in [1.82, 2.24) is 0 Å². The van der Waals surface area contributed by atoms with Crippen molar-refractivity contribution in [2.75, 3.05) is 13.2 Å². The topological polar surface area (TPSA) is 44.5 Å². The summed E-state index contributed by atoms with van der Waals surface area (Å²) in [5.41, 5.74) is 6.74. The molecule has 2 N–H and O–H groups in total. The van der Waals surface area contributed by atoms with Crippen molar-refractivity contribution in [2.24, 2.45) is 5.73 Å². The van der Waals surface area contributed by atoms with Crippen molar-refractivity contribution in [2.45, 2.75) is 12.7 Å². The normalized spacial score (nSPS) is 21.5. The highest BCUT2D eigenvalue weighted by Crippen LogP contribution is 2.28. The highest BCUT2D eigenvalue weighted by Gasteiger charge is 2.33. The second-order valence-corrected chi connectivity index (χ2v) is 3.02. The van der Waals surface area contributed by atoms with E-state index in [-0.39, 0.29) is 0 Å². The van der Waals surface area contributed by atoms with Crippen LogP contribution in [-0.4, -0.2) is 19.0 Å². The molecular formula is C10H15NO2. The molecule has 0 aromatic carbocycles. The van der Waals surface area contributed by atoms with Crippen LogP contribution in [0.15, 0.2) is 36.6 Å². The van der Waals surface area contributed by atoms with Crippen molar-refractivity contribution in [1.29, 1.82) is 0 Å². The molecule has 1 fully saturated rings. The van der Waals surface area contributed by atoms with E-state index in [0.29, 0.717) is 18.9 Å². The Morgan fingerprint density at radius 2 is 2.00 bits per heavy atom. The average Bonchev–Trinajstić information content (AvgIpc) is 2.48. The highest BCUT2D eigenvalue weighted by molar-refractivity contribution is 5.31. The molecule has 0 amide bonds. The first kappa shape index (κ1) is 10.0. The first-order valence-corrected chi connectivity index (χ1v) is 4.15. The minimum Gasteiger partial charge on any atom is -0.399 e. The van der Waals surface area contributed by atoms with Gasteiger partial charge in [-0.1, -0.05) is 19.2 Å². The van der Waals surface area contributed by atoms with E-state index >= 15 is 0 Å². The molecule has 0 spiro atoms. The molecule has 72 valence electrons. The van der Waals surface area contributed by atoms with Crippen LogP contribution in [0.4, 0.5) is 0 Å². The van der Waals surface area contributed by atoms with Gasteiger partial charge in [0.1, 0.15) is 0 Å². The standard InChI is InChI=1S/C10H15NO2/c1-4-9(7-8(2)11)10(3)12-5-6-13-10/h4,7H,1-2,5-6,11H2,3H3/b9-7+. The molecule has 0 aliphatic carbocycles. The molecule has 1 rings (SSSR count). The number of hydrogen-bond donors (Lipinski definition) is 1. The molecule has 0 aromatic rings. The number of hydrogen-bond acceptors (Lipinski definition) is 3. The van der Waals surface area contributed by atoms with Gasteiger partial charge < -0.3 is 15.2 Å². The molecule has 1 aliphatic heterocycles. The van der Waals surface area contributed by atoms with E-state index in [9.17, 15) is 0 Å². The zero-order chi connectivity index (χ0) is 9.90. The maximum Gasteiger partial charge on any atom is 0.192 e. The number of nitrogens with two attached hydrogens (primary N) is 1. The van der Waals surface area contributed by atoms with Gasteiger partial charge in [-0.3, -0.25) is 0 Å². The average molecular weight is 181 g/mol. The predicted octanol–water partition coefficient (Wildman–Crippen LogP) is 1.33. The lowest BCUT2D eigenvalue weighted by atomic mass is 10.1. The summed E-state index contributed by atoms with van der Waals surface area (Å²) in [4.78, 5) is 0. The molecule has 3 heteroatoms. The van der Waals surface area contributed by atoms with Crippen LogP contribution in [0.5, 0.6) is 0 Å². The Bertz CT molecular complexity index is 250. The minimum atomic E-state index is -0.704. The summed E-state index contributed by atoms with van der Waals surface area (Å²) < 4.78 is 10.9. The minimum absolute atomic E-state index is 0.468. The smallest absolute Gasteiger partial charge is 0.192 e. The summed E-state index contributed by atoms with van der Waals surface area (Å²) in [6.45, 7) is 10.3. The van der Waals surface area contributed by atoms with Gasteiger partial charge in [0.25, 0.3) is 0 Å². The maximum atomic E-state index is 5.47. The van der Waals surface area contributed by atoms with Gasteiger partial charge in [-0.15, -0.1) is 0 Å². The van der Waals surface area contributed by atoms with Crippen LogP contribution in [0.25, 0.3) is 0 Å². The van der Waals surface area contributed by atoms with Gasteiger partial charge in [-0.05, 0) is 13.0 Å². The zero-order valence-electron chi connectivity index (χ0n) is 7.88. The quantitative estimate of drug-likeness (QED) is 0.668. The molecule has 0 aromatic heterocycles. The van der Waals surface area contributed by atoms with Crippen LogP contribution in [-0.2, 0) is 9.47 Å². The molecule has 0 saturated carbocycles. The zero-order valence-corrected chi connectivity index (χ0v) is 7.88. The van der Waals surface area contributed by atoms with Gasteiger partial charge in [0, 0.05) is 11.3 Å². The Hall–Kier alpha value is -1.06. The Balaban J connectivity index is 2.87. The van der Waals surface area contributed by atoms with Gasteiger partial charge in [0.2, 0.25) is 0 Å². The van der Waals surface area contributed by atoms with Crippen LogP contribution in [0.3, 0.4) is 0 Å². The third-order valence-corrected chi connectivity index (χ3v) is 1.92. The van der Waals surface area contributed by atoms with Gasteiger partial charge in [-0.2, -0.15) is 0 Å². The van der Waals surface area contributed by atoms with E-state index in [2.05, 4.69) is 13.2 Å². The fourth-order valence-corrected chi connectivity index (χ4v) is 1.26. The SMILES string of the molecule is C=C/C(=C\C(=C)N)C1(C)OCCO1. The largest absolute Gasteiger partial charge is 0.399 e. The second-order valence-electron chi connectivity index (χ2n) is 3.02. The third kappa shape index (κ3) is 2.20. The molecule has 0 atom stereocenters. The molecule has 13 heavy (non-hydrogen) atoms. The van der Waals surface area contributed by atoms with Crippen molar-refractivity contribution >= 4 is 0 Å². The Labute approximate surface area is 78.5 Å². The first-order valence-electron chi connectivity index (χ1n) is 4.15. The summed E-state index contributed by atoms with van der Waals surface area (Å²) in [5.74, 6) is -0.704. The summed E-state index contributed by atoms with van der Waals surface area (Å²) in [5, 5.41) is 0. The van der Waals surface area contributed by atoms with E-state index < -0.39 is 5.79 Å². The second kappa shape index (κ2) is 3.77.